The molecule has 16 heavy (non-hydrogen) atoms. The highest BCUT2D eigenvalue weighted by Crippen LogP contribution is 2.28. The minimum absolute atomic E-state index is 0.106. The molecule has 1 unspecified atom stereocenters. The Morgan fingerprint density at radius 3 is 2.69 bits per heavy atom. The van der Waals surface area contributed by atoms with Gasteiger partial charge in [-0.2, -0.15) is 0 Å². The second-order valence-electron chi connectivity index (χ2n) is 3.71. The van der Waals surface area contributed by atoms with Crippen LogP contribution >= 0.6 is 0 Å². The largest absolute Gasteiger partial charge is 0.399 e. The van der Waals surface area contributed by atoms with Crippen LogP contribution in [-0.4, -0.2) is 17.8 Å². The van der Waals surface area contributed by atoms with E-state index in [0.717, 1.165) is 0 Å². The summed E-state index contributed by atoms with van der Waals surface area (Å²) in [6.45, 7) is 2.10. The summed E-state index contributed by atoms with van der Waals surface area (Å²) in [7, 11) is 0. The molecule has 0 saturated carbocycles. The second kappa shape index (κ2) is 5.65. The highest BCUT2D eigenvalue weighted by atomic mass is 19.3. The van der Waals surface area contributed by atoms with Crippen LogP contribution in [0, 0.1) is 0 Å². The van der Waals surface area contributed by atoms with Crippen molar-refractivity contribution in [3.63, 3.8) is 0 Å². The fraction of sp³-hybridized carbons (Fsp3) is 0.455. The van der Waals surface area contributed by atoms with Gasteiger partial charge in [0.05, 0.1) is 6.10 Å². The number of halogens is 2. The van der Waals surface area contributed by atoms with Crippen molar-refractivity contribution in [2.75, 3.05) is 17.6 Å². The first-order chi connectivity index (χ1) is 7.50. The van der Waals surface area contributed by atoms with E-state index in [-0.39, 0.29) is 5.56 Å². The lowest BCUT2D eigenvalue weighted by molar-refractivity contribution is 0.152. The molecule has 0 aromatic heterocycles. The molecule has 0 amide bonds. The van der Waals surface area contributed by atoms with Crippen LogP contribution in [0.3, 0.4) is 0 Å². The summed E-state index contributed by atoms with van der Waals surface area (Å²) < 4.78 is 25.3. The zero-order chi connectivity index (χ0) is 12.1. The third-order valence-electron chi connectivity index (χ3n) is 2.19. The average molecular weight is 230 g/mol. The smallest absolute Gasteiger partial charge is 0.265 e. The van der Waals surface area contributed by atoms with Crippen molar-refractivity contribution in [2.24, 2.45) is 0 Å². The first-order valence-corrected chi connectivity index (χ1v) is 5.10. The first-order valence-electron chi connectivity index (χ1n) is 5.10. The number of hydrogen-bond donors (Lipinski definition) is 3. The summed E-state index contributed by atoms with van der Waals surface area (Å²) in [4.78, 5) is 0. The summed E-state index contributed by atoms with van der Waals surface area (Å²) in [6.07, 6.45) is -2.50. The molecule has 0 radical (unpaired) electrons. The number of nitrogen functional groups attached to an aromatic ring is 1. The number of aliphatic hydroxyl groups is 1. The Hall–Kier alpha value is -1.36. The van der Waals surface area contributed by atoms with Crippen molar-refractivity contribution in [1.29, 1.82) is 0 Å². The Morgan fingerprint density at radius 1 is 1.44 bits per heavy atom. The van der Waals surface area contributed by atoms with E-state index in [9.17, 15) is 8.78 Å². The summed E-state index contributed by atoms with van der Waals surface area (Å²) in [5.74, 6) is 0. The molecule has 0 heterocycles. The Bertz CT molecular complexity index is 343. The standard InChI is InChI=1S/C11H16F2N2O/c1-7(16)4-5-15-10-3-2-8(14)6-9(10)11(12)13/h2-3,6-7,11,15-16H,4-5,14H2,1H3. The van der Waals surface area contributed by atoms with Crippen molar-refractivity contribution in [3.05, 3.63) is 23.8 Å². The molecule has 90 valence electrons. The predicted molar refractivity (Wildman–Crippen MR) is 60.6 cm³/mol. The normalized spacial score (nSPS) is 12.8. The van der Waals surface area contributed by atoms with E-state index in [0.29, 0.717) is 24.3 Å². The molecule has 1 rings (SSSR count). The maximum Gasteiger partial charge on any atom is 0.265 e. The minimum atomic E-state index is -2.56. The quantitative estimate of drug-likeness (QED) is 0.681. The van der Waals surface area contributed by atoms with Crippen LogP contribution in [0.4, 0.5) is 20.2 Å². The molecule has 3 nitrogen and oxygen atoms in total. The van der Waals surface area contributed by atoms with Crippen LogP contribution in [0.2, 0.25) is 0 Å². The van der Waals surface area contributed by atoms with Crippen molar-refractivity contribution in [3.8, 4) is 0 Å². The number of rotatable bonds is 5. The number of benzene rings is 1. The van der Waals surface area contributed by atoms with Crippen molar-refractivity contribution in [1.82, 2.24) is 0 Å². The predicted octanol–water partition coefficient (Wildman–Crippen LogP) is 2.39. The van der Waals surface area contributed by atoms with Crippen LogP contribution in [0.1, 0.15) is 25.3 Å². The van der Waals surface area contributed by atoms with Gasteiger partial charge >= 0.3 is 0 Å². The van der Waals surface area contributed by atoms with E-state index in [1.165, 1.54) is 12.1 Å². The van der Waals surface area contributed by atoms with Crippen molar-refractivity contribution >= 4 is 11.4 Å². The average Bonchev–Trinajstić information content (AvgIpc) is 2.19. The van der Waals surface area contributed by atoms with Gasteiger partial charge in [-0.05, 0) is 31.5 Å². The minimum Gasteiger partial charge on any atom is -0.399 e. The number of nitrogens with two attached hydrogens (primary N) is 1. The Kier molecular flexibility index (Phi) is 4.49. The van der Waals surface area contributed by atoms with E-state index in [2.05, 4.69) is 5.32 Å². The lowest BCUT2D eigenvalue weighted by Gasteiger charge is -2.13. The Morgan fingerprint density at radius 2 is 2.12 bits per heavy atom. The van der Waals surface area contributed by atoms with Gasteiger partial charge in [-0.15, -0.1) is 0 Å². The lowest BCUT2D eigenvalue weighted by atomic mass is 10.1. The lowest BCUT2D eigenvalue weighted by Crippen LogP contribution is -2.11. The number of nitrogens with one attached hydrogen (secondary N) is 1. The van der Waals surface area contributed by atoms with Gasteiger partial charge in [0, 0.05) is 23.5 Å². The summed E-state index contributed by atoms with van der Waals surface area (Å²) in [5.41, 5.74) is 6.02. The topological polar surface area (TPSA) is 58.3 Å². The molecule has 0 spiro atoms. The molecule has 5 heteroatoms. The maximum absolute atomic E-state index is 12.6. The molecular weight excluding hydrogens is 214 g/mol. The molecule has 0 aliphatic rings. The van der Waals surface area contributed by atoms with Crippen LogP contribution in [0.5, 0.6) is 0 Å². The summed E-state index contributed by atoms with van der Waals surface area (Å²) in [6, 6.07) is 4.35. The van der Waals surface area contributed by atoms with Gasteiger partial charge in [0.25, 0.3) is 6.43 Å². The van der Waals surface area contributed by atoms with Crippen LogP contribution in [0.15, 0.2) is 18.2 Å². The highest BCUT2D eigenvalue weighted by Gasteiger charge is 2.12. The SMILES string of the molecule is CC(O)CCNc1ccc(N)cc1C(F)F. The molecule has 0 aliphatic carbocycles. The summed E-state index contributed by atoms with van der Waals surface area (Å²) >= 11 is 0. The maximum atomic E-state index is 12.6. The van der Waals surface area contributed by atoms with Gasteiger partial charge in [0.2, 0.25) is 0 Å². The molecule has 1 atom stereocenters. The molecule has 0 fully saturated rings. The molecule has 0 aliphatic heterocycles. The number of alkyl halides is 2. The van der Waals surface area contributed by atoms with Crippen LogP contribution < -0.4 is 11.1 Å². The third-order valence-corrected chi connectivity index (χ3v) is 2.19. The van der Waals surface area contributed by atoms with Crippen molar-refractivity contribution in [2.45, 2.75) is 25.9 Å². The van der Waals surface area contributed by atoms with Crippen LogP contribution in [0.25, 0.3) is 0 Å². The first kappa shape index (κ1) is 12.7. The molecule has 0 bridgehead atoms. The second-order valence-corrected chi connectivity index (χ2v) is 3.71. The Balaban J connectivity index is 2.71. The molecule has 0 saturated heterocycles. The fourth-order valence-corrected chi connectivity index (χ4v) is 1.34. The van der Waals surface area contributed by atoms with E-state index in [1.807, 2.05) is 0 Å². The van der Waals surface area contributed by atoms with Gasteiger partial charge in [0.15, 0.2) is 0 Å². The number of aliphatic hydroxyl groups excluding tert-OH is 1. The fourth-order valence-electron chi connectivity index (χ4n) is 1.34. The number of anilines is 2. The monoisotopic (exact) mass is 230 g/mol. The molecular formula is C11H16F2N2O. The van der Waals surface area contributed by atoms with E-state index < -0.39 is 12.5 Å². The highest BCUT2D eigenvalue weighted by molar-refractivity contribution is 5.58. The zero-order valence-corrected chi connectivity index (χ0v) is 9.08. The van der Waals surface area contributed by atoms with Gasteiger partial charge in [0.1, 0.15) is 0 Å². The molecule has 1 aromatic rings. The van der Waals surface area contributed by atoms with Gasteiger partial charge < -0.3 is 16.2 Å². The Labute approximate surface area is 93.3 Å². The summed E-state index contributed by atoms with van der Waals surface area (Å²) in [5, 5.41) is 11.9. The molecule has 1 aromatic carbocycles. The zero-order valence-electron chi connectivity index (χ0n) is 9.08. The third kappa shape index (κ3) is 3.66. The number of hydrogen-bond acceptors (Lipinski definition) is 3. The van der Waals surface area contributed by atoms with Gasteiger partial charge in [-0.25, -0.2) is 8.78 Å². The van der Waals surface area contributed by atoms with E-state index in [1.54, 1.807) is 13.0 Å². The van der Waals surface area contributed by atoms with Gasteiger partial charge in [-0.1, -0.05) is 0 Å². The van der Waals surface area contributed by atoms with Crippen molar-refractivity contribution < 1.29 is 13.9 Å². The van der Waals surface area contributed by atoms with Gasteiger partial charge in [-0.3, -0.25) is 0 Å². The molecule has 4 N–H and O–H groups in total. The van der Waals surface area contributed by atoms with E-state index >= 15 is 0 Å². The van der Waals surface area contributed by atoms with Crippen LogP contribution in [-0.2, 0) is 0 Å². The van der Waals surface area contributed by atoms with E-state index in [4.69, 9.17) is 10.8 Å².